The molecule has 0 heterocycles. The maximum absolute atomic E-state index is 13.0. The zero-order valence-electron chi connectivity index (χ0n) is 10.7. The summed E-state index contributed by atoms with van der Waals surface area (Å²) >= 11 is 5.93. The lowest BCUT2D eigenvalue weighted by molar-refractivity contribution is -0.386. The Balaban J connectivity index is 2.13. The smallest absolute Gasteiger partial charge is 0.313 e. The number of aliphatic hydroxyl groups is 1. The van der Waals surface area contributed by atoms with Crippen LogP contribution in [0.15, 0.2) is 42.5 Å². The van der Waals surface area contributed by atoms with Gasteiger partial charge >= 0.3 is 5.69 Å². The SMILES string of the molecule is O=[N+]([O-])c1cc(F)ccc1OCC(O)c1ccccc1Cl. The number of hydrogen-bond donors (Lipinski definition) is 1. The lowest BCUT2D eigenvalue weighted by Gasteiger charge is -2.14. The van der Waals surface area contributed by atoms with E-state index in [9.17, 15) is 19.6 Å². The first kappa shape index (κ1) is 15.2. The molecule has 1 atom stereocenters. The Hall–Kier alpha value is -2.18. The third-order valence-corrected chi connectivity index (χ3v) is 3.12. The Morgan fingerprint density at radius 2 is 2.05 bits per heavy atom. The lowest BCUT2D eigenvalue weighted by Crippen LogP contribution is -2.11. The third-order valence-electron chi connectivity index (χ3n) is 2.78. The van der Waals surface area contributed by atoms with Crippen LogP contribution in [0.5, 0.6) is 5.75 Å². The van der Waals surface area contributed by atoms with Gasteiger partial charge in [-0.05, 0) is 18.2 Å². The summed E-state index contributed by atoms with van der Waals surface area (Å²) in [6, 6.07) is 9.60. The molecule has 0 aliphatic carbocycles. The minimum atomic E-state index is -1.05. The van der Waals surface area contributed by atoms with Crippen molar-refractivity contribution < 1.29 is 19.2 Å². The number of ether oxygens (including phenoxy) is 1. The Morgan fingerprint density at radius 3 is 2.71 bits per heavy atom. The Bertz CT molecular complexity index is 665. The van der Waals surface area contributed by atoms with E-state index < -0.39 is 22.5 Å². The molecular weight excluding hydrogens is 301 g/mol. The molecule has 0 amide bonds. The molecule has 0 aromatic heterocycles. The fourth-order valence-electron chi connectivity index (χ4n) is 1.76. The number of halogens is 2. The highest BCUT2D eigenvalue weighted by Gasteiger charge is 2.18. The van der Waals surface area contributed by atoms with Crippen molar-refractivity contribution in [3.05, 3.63) is 69.0 Å². The maximum atomic E-state index is 13.0. The Morgan fingerprint density at radius 1 is 1.33 bits per heavy atom. The van der Waals surface area contributed by atoms with Crippen molar-refractivity contribution in [2.45, 2.75) is 6.10 Å². The van der Waals surface area contributed by atoms with Crippen LogP contribution in [0.25, 0.3) is 0 Å². The van der Waals surface area contributed by atoms with Crippen molar-refractivity contribution in [1.82, 2.24) is 0 Å². The van der Waals surface area contributed by atoms with Crippen molar-refractivity contribution in [1.29, 1.82) is 0 Å². The second-order valence-electron chi connectivity index (χ2n) is 4.22. The summed E-state index contributed by atoms with van der Waals surface area (Å²) in [6.07, 6.45) is -1.05. The average molecular weight is 312 g/mol. The number of benzene rings is 2. The van der Waals surface area contributed by atoms with Gasteiger partial charge in [0.2, 0.25) is 0 Å². The summed E-state index contributed by atoms with van der Waals surface area (Å²) in [4.78, 5) is 10.1. The molecule has 7 heteroatoms. The quantitative estimate of drug-likeness (QED) is 0.677. The second-order valence-corrected chi connectivity index (χ2v) is 4.62. The van der Waals surface area contributed by atoms with Crippen LogP contribution in [0.1, 0.15) is 11.7 Å². The van der Waals surface area contributed by atoms with E-state index in [-0.39, 0.29) is 12.4 Å². The Labute approximate surface area is 124 Å². The van der Waals surface area contributed by atoms with Crippen LogP contribution < -0.4 is 4.74 Å². The van der Waals surface area contributed by atoms with Crippen LogP contribution in [-0.4, -0.2) is 16.6 Å². The summed E-state index contributed by atoms with van der Waals surface area (Å²) in [7, 11) is 0. The van der Waals surface area contributed by atoms with Crippen LogP contribution in [0, 0.1) is 15.9 Å². The summed E-state index contributed by atoms with van der Waals surface area (Å²) in [5.74, 6) is -0.854. The monoisotopic (exact) mass is 311 g/mol. The van der Waals surface area contributed by atoms with Crippen molar-refractivity contribution in [3.8, 4) is 5.75 Å². The first-order valence-corrected chi connectivity index (χ1v) is 6.36. The summed E-state index contributed by atoms with van der Waals surface area (Å²) in [5, 5.41) is 21.2. The van der Waals surface area contributed by atoms with Crippen LogP contribution in [0.3, 0.4) is 0 Å². The average Bonchev–Trinajstić information content (AvgIpc) is 2.46. The van der Waals surface area contributed by atoms with Crippen LogP contribution >= 0.6 is 11.6 Å². The van der Waals surface area contributed by atoms with E-state index >= 15 is 0 Å². The van der Waals surface area contributed by atoms with Crippen molar-refractivity contribution in [2.24, 2.45) is 0 Å². The highest BCUT2D eigenvalue weighted by molar-refractivity contribution is 6.31. The minimum absolute atomic E-state index is 0.118. The van der Waals surface area contributed by atoms with E-state index in [0.717, 1.165) is 18.2 Å². The van der Waals surface area contributed by atoms with Gasteiger partial charge in [-0.15, -0.1) is 0 Å². The number of nitro groups is 1. The third kappa shape index (κ3) is 3.68. The number of nitrogens with zero attached hydrogens (tertiary/aromatic N) is 1. The van der Waals surface area contributed by atoms with Gasteiger partial charge < -0.3 is 9.84 Å². The molecule has 0 aliphatic heterocycles. The maximum Gasteiger partial charge on any atom is 0.313 e. The largest absolute Gasteiger partial charge is 0.484 e. The molecule has 0 saturated heterocycles. The first-order chi connectivity index (χ1) is 9.99. The lowest BCUT2D eigenvalue weighted by atomic mass is 10.1. The fourth-order valence-corrected chi connectivity index (χ4v) is 2.02. The number of hydrogen-bond acceptors (Lipinski definition) is 4. The topological polar surface area (TPSA) is 72.6 Å². The molecule has 0 bridgehead atoms. The zero-order chi connectivity index (χ0) is 15.4. The van der Waals surface area contributed by atoms with Crippen molar-refractivity contribution >= 4 is 17.3 Å². The Kier molecular flexibility index (Phi) is 4.72. The minimum Gasteiger partial charge on any atom is -0.484 e. The van der Waals surface area contributed by atoms with Crippen molar-refractivity contribution in [2.75, 3.05) is 6.61 Å². The number of rotatable bonds is 5. The predicted molar refractivity (Wildman–Crippen MR) is 75.0 cm³/mol. The summed E-state index contributed by atoms with van der Waals surface area (Å²) in [5.41, 5.74) is -0.0507. The van der Waals surface area contributed by atoms with E-state index in [4.69, 9.17) is 16.3 Å². The highest BCUT2D eigenvalue weighted by atomic mass is 35.5. The molecule has 2 rings (SSSR count). The van der Waals surface area contributed by atoms with Gasteiger partial charge in [-0.25, -0.2) is 4.39 Å². The van der Waals surface area contributed by atoms with Crippen molar-refractivity contribution in [3.63, 3.8) is 0 Å². The van der Waals surface area contributed by atoms with E-state index in [1.807, 2.05) is 0 Å². The standard InChI is InChI=1S/C14H11ClFNO4/c15-11-4-2-1-3-10(11)13(18)8-21-14-6-5-9(16)7-12(14)17(19)20/h1-7,13,18H,8H2. The number of aliphatic hydroxyl groups excluding tert-OH is 1. The molecule has 0 saturated carbocycles. The van der Waals surface area contributed by atoms with Gasteiger partial charge in [0.25, 0.3) is 0 Å². The zero-order valence-corrected chi connectivity index (χ0v) is 11.5. The molecular formula is C14H11ClFNO4. The molecule has 21 heavy (non-hydrogen) atoms. The fraction of sp³-hybridized carbons (Fsp3) is 0.143. The van der Waals surface area contributed by atoms with Gasteiger partial charge in [0.15, 0.2) is 5.75 Å². The molecule has 0 fully saturated rings. The summed E-state index contributed by atoms with van der Waals surface area (Å²) < 4.78 is 18.2. The molecule has 2 aromatic rings. The second kappa shape index (κ2) is 6.51. The normalized spacial score (nSPS) is 12.0. The van der Waals surface area contributed by atoms with E-state index in [1.165, 1.54) is 0 Å². The summed E-state index contributed by atoms with van der Waals surface area (Å²) in [6.45, 7) is -0.240. The molecule has 0 spiro atoms. The van der Waals surface area contributed by atoms with Crippen LogP contribution in [0.4, 0.5) is 10.1 Å². The van der Waals surface area contributed by atoms with Gasteiger partial charge in [0.05, 0.1) is 11.0 Å². The van der Waals surface area contributed by atoms with Gasteiger partial charge in [0, 0.05) is 10.6 Å². The van der Waals surface area contributed by atoms with E-state index in [2.05, 4.69) is 0 Å². The predicted octanol–water partition coefficient (Wildman–Crippen LogP) is 3.50. The van der Waals surface area contributed by atoms with Gasteiger partial charge in [-0.3, -0.25) is 10.1 Å². The molecule has 110 valence electrons. The van der Waals surface area contributed by atoms with E-state index in [0.29, 0.717) is 10.6 Å². The molecule has 0 radical (unpaired) electrons. The molecule has 1 N–H and O–H groups in total. The molecule has 2 aromatic carbocycles. The first-order valence-electron chi connectivity index (χ1n) is 5.98. The van der Waals surface area contributed by atoms with Crippen LogP contribution in [-0.2, 0) is 0 Å². The number of nitro benzene ring substituents is 1. The molecule has 1 unspecified atom stereocenters. The van der Waals surface area contributed by atoms with Gasteiger partial charge in [0.1, 0.15) is 18.5 Å². The van der Waals surface area contributed by atoms with Gasteiger partial charge in [-0.1, -0.05) is 29.8 Å². The highest BCUT2D eigenvalue weighted by Crippen LogP contribution is 2.29. The molecule has 5 nitrogen and oxygen atoms in total. The molecule has 0 aliphatic rings. The van der Waals surface area contributed by atoms with E-state index in [1.54, 1.807) is 24.3 Å². The van der Waals surface area contributed by atoms with Gasteiger partial charge in [-0.2, -0.15) is 0 Å². The van der Waals surface area contributed by atoms with Crippen LogP contribution in [0.2, 0.25) is 5.02 Å².